The normalized spacial score (nSPS) is 17.5. The lowest BCUT2D eigenvalue weighted by molar-refractivity contribution is 0.0986. The summed E-state index contributed by atoms with van der Waals surface area (Å²) in [6.45, 7) is 6.32. The second-order valence-electron chi connectivity index (χ2n) is 6.97. The standard InChI is InChI=1S/C18H20N8OS/c1-10-9-27-7-6-26(10)14-8-12(17-11(2)21-24-25(17)3)18-16(20-14)15(23-28-18)13-4-5-19-22-13/h4-5,8,10H,6-7,9H2,1-3H3,(H,19,22)/t10-/m1/s1. The van der Waals surface area contributed by atoms with E-state index in [1.54, 1.807) is 6.20 Å². The molecule has 0 aliphatic carbocycles. The van der Waals surface area contributed by atoms with Gasteiger partial charge >= 0.3 is 0 Å². The molecule has 0 spiro atoms. The third-order valence-corrected chi connectivity index (χ3v) is 5.95. The average molecular weight is 396 g/mol. The van der Waals surface area contributed by atoms with Gasteiger partial charge in [0.15, 0.2) is 0 Å². The predicted molar refractivity (Wildman–Crippen MR) is 107 cm³/mol. The van der Waals surface area contributed by atoms with Crippen LogP contribution in [0.5, 0.6) is 0 Å². The van der Waals surface area contributed by atoms with Crippen molar-refractivity contribution in [1.29, 1.82) is 0 Å². The summed E-state index contributed by atoms with van der Waals surface area (Å²) in [5, 5.41) is 15.5. The molecule has 9 nitrogen and oxygen atoms in total. The highest BCUT2D eigenvalue weighted by atomic mass is 32.1. The fourth-order valence-corrected chi connectivity index (χ4v) is 4.54. The minimum atomic E-state index is 0.250. The Kier molecular flexibility index (Phi) is 4.09. The van der Waals surface area contributed by atoms with Gasteiger partial charge in [0, 0.05) is 25.4 Å². The zero-order valence-electron chi connectivity index (χ0n) is 15.9. The summed E-state index contributed by atoms with van der Waals surface area (Å²) in [7, 11) is 1.91. The van der Waals surface area contributed by atoms with Crippen LogP contribution in [0.25, 0.3) is 32.9 Å². The monoisotopic (exact) mass is 396 g/mol. The summed E-state index contributed by atoms with van der Waals surface area (Å²) in [4.78, 5) is 7.31. The van der Waals surface area contributed by atoms with E-state index in [1.165, 1.54) is 11.5 Å². The van der Waals surface area contributed by atoms with E-state index in [0.717, 1.165) is 50.9 Å². The fourth-order valence-electron chi connectivity index (χ4n) is 3.69. The molecule has 0 saturated carbocycles. The second-order valence-corrected chi connectivity index (χ2v) is 7.75. The van der Waals surface area contributed by atoms with E-state index in [0.29, 0.717) is 13.2 Å². The number of H-pyrrole nitrogens is 1. The van der Waals surface area contributed by atoms with Crippen molar-refractivity contribution < 1.29 is 4.74 Å². The minimum Gasteiger partial charge on any atom is -0.377 e. The number of ether oxygens (including phenoxy) is 1. The lowest BCUT2D eigenvalue weighted by Gasteiger charge is -2.34. The number of aryl methyl sites for hydroxylation is 2. The molecule has 1 atom stereocenters. The topological polar surface area (TPSA) is 97.6 Å². The van der Waals surface area contributed by atoms with Gasteiger partial charge in [-0.3, -0.25) is 5.10 Å². The highest BCUT2D eigenvalue weighted by Crippen LogP contribution is 2.39. The molecular formula is C18H20N8OS. The van der Waals surface area contributed by atoms with E-state index < -0.39 is 0 Å². The Labute approximate surface area is 165 Å². The van der Waals surface area contributed by atoms with Crippen LogP contribution in [0.4, 0.5) is 5.82 Å². The van der Waals surface area contributed by atoms with Crippen LogP contribution < -0.4 is 4.90 Å². The van der Waals surface area contributed by atoms with Crippen molar-refractivity contribution in [3.05, 3.63) is 24.0 Å². The van der Waals surface area contributed by atoms with Gasteiger partial charge in [-0.05, 0) is 37.5 Å². The van der Waals surface area contributed by atoms with Gasteiger partial charge in [0.25, 0.3) is 0 Å². The first kappa shape index (κ1) is 17.3. The van der Waals surface area contributed by atoms with Crippen molar-refractivity contribution in [2.24, 2.45) is 7.05 Å². The van der Waals surface area contributed by atoms with Crippen LogP contribution in [0.2, 0.25) is 0 Å². The van der Waals surface area contributed by atoms with E-state index in [1.807, 2.05) is 24.7 Å². The summed E-state index contributed by atoms with van der Waals surface area (Å²) < 4.78 is 13.1. The Hall–Kier alpha value is -2.85. The number of nitrogens with zero attached hydrogens (tertiary/aromatic N) is 7. The third-order valence-electron chi connectivity index (χ3n) is 5.08. The van der Waals surface area contributed by atoms with E-state index in [2.05, 4.69) is 42.8 Å². The first-order valence-corrected chi connectivity index (χ1v) is 9.92. The Bertz CT molecular complexity index is 1110. The molecule has 1 saturated heterocycles. The second kappa shape index (κ2) is 6.64. The fraction of sp³-hybridized carbons (Fsp3) is 0.389. The van der Waals surface area contributed by atoms with Crippen LogP contribution in [0.1, 0.15) is 12.6 Å². The summed E-state index contributed by atoms with van der Waals surface area (Å²) in [5.41, 5.74) is 5.45. The molecule has 1 N–H and O–H groups in total. The third kappa shape index (κ3) is 2.68. The molecule has 10 heteroatoms. The maximum atomic E-state index is 5.61. The number of nitrogens with one attached hydrogen (secondary N) is 1. The Morgan fingerprint density at radius 1 is 1.36 bits per heavy atom. The number of fused-ring (bicyclic) bond motifs is 1. The van der Waals surface area contributed by atoms with Crippen LogP contribution in [0.3, 0.4) is 0 Å². The van der Waals surface area contributed by atoms with Crippen molar-refractivity contribution in [3.8, 4) is 22.6 Å². The predicted octanol–water partition coefficient (Wildman–Crippen LogP) is 2.41. The number of pyridine rings is 1. The number of morpholine rings is 1. The maximum Gasteiger partial charge on any atom is 0.130 e. The van der Waals surface area contributed by atoms with Gasteiger partial charge in [-0.1, -0.05) is 5.21 Å². The van der Waals surface area contributed by atoms with Gasteiger partial charge < -0.3 is 9.64 Å². The Morgan fingerprint density at radius 3 is 2.96 bits per heavy atom. The molecule has 4 aromatic heterocycles. The molecule has 0 unspecified atom stereocenters. The lowest BCUT2D eigenvalue weighted by atomic mass is 10.1. The van der Waals surface area contributed by atoms with Crippen molar-refractivity contribution in [2.45, 2.75) is 19.9 Å². The molecule has 0 amide bonds. The molecule has 4 aromatic rings. The molecule has 28 heavy (non-hydrogen) atoms. The van der Waals surface area contributed by atoms with Gasteiger partial charge in [0.05, 0.1) is 41.0 Å². The van der Waals surface area contributed by atoms with Crippen LogP contribution in [0, 0.1) is 6.92 Å². The van der Waals surface area contributed by atoms with E-state index in [9.17, 15) is 0 Å². The summed E-state index contributed by atoms with van der Waals surface area (Å²) in [5.74, 6) is 0.917. The summed E-state index contributed by atoms with van der Waals surface area (Å²) >= 11 is 1.44. The van der Waals surface area contributed by atoms with E-state index in [-0.39, 0.29) is 6.04 Å². The van der Waals surface area contributed by atoms with E-state index in [4.69, 9.17) is 9.72 Å². The first-order valence-electron chi connectivity index (χ1n) is 9.14. The summed E-state index contributed by atoms with van der Waals surface area (Å²) in [6.07, 6.45) is 1.73. The van der Waals surface area contributed by atoms with Crippen LogP contribution >= 0.6 is 11.5 Å². The molecular weight excluding hydrogens is 376 g/mol. The first-order chi connectivity index (χ1) is 13.6. The number of hydrogen-bond acceptors (Lipinski definition) is 8. The Morgan fingerprint density at radius 2 is 2.25 bits per heavy atom. The van der Waals surface area contributed by atoms with Gasteiger partial charge in [-0.15, -0.1) is 5.10 Å². The number of aromatic nitrogens is 7. The van der Waals surface area contributed by atoms with Gasteiger partial charge in [-0.25, -0.2) is 9.67 Å². The maximum absolute atomic E-state index is 5.61. The van der Waals surface area contributed by atoms with Gasteiger partial charge in [-0.2, -0.15) is 9.47 Å². The zero-order chi connectivity index (χ0) is 19.3. The van der Waals surface area contributed by atoms with Crippen molar-refractivity contribution in [3.63, 3.8) is 0 Å². The van der Waals surface area contributed by atoms with E-state index >= 15 is 0 Å². The molecule has 1 aliphatic heterocycles. The minimum absolute atomic E-state index is 0.250. The number of hydrogen-bond donors (Lipinski definition) is 1. The summed E-state index contributed by atoms with van der Waals surface area (Å²) in [6, 6.07) is 4.29. The molecule has 1 fully saturated rings. The Balaban J connectivity index is 1.78. The molecule has 5 rings (SSSR count). The van der Waals surface area contributed by atoms with Gasteiger partial charge in [0.1, 0.15) is 17.0 Å². The molecule has 0 bridgehead atoms. The lowest BCUT2D eigenvalue weighted by Crippen LogP contribution is -2.44. The number of rotatable bonds is 3. The SMILES string of the molecule is Cc1nnn(C)c1-c1cc(N2CCOC[C@H]2C)nc2c(-c3ccn[nH]3)nsc12. The molecule has 5 heterocycles. The van der Waals surface area contributed by atoms with Crippen LogP contribution in [-0.4, -0.2) is 60.3 Å². The molecule has 0 aromatic carbocycles. The molecule has 1 aliphatic rings. The zero-order valence-corrected chi connectivity index (χ0v) is 16.7. The highest BCUT2D eigenvalue weighted by Gasteiger charge is 2.25. The average Bonchev–Trinajstić information content (AvgIpc) is 3.42. The smallest absolute Gasteiger partial charge is 0.130 e. The van der Waals surface area contributed by atoms with Crippen molar-refractivity contribution in [2.75, 3.05) is 24.7 Å². The quantitative estimate of drug-likeness (QED) is 0.568. The van der Waals surface area contributed by atoms with Crippen molar-refractivity contribution in [1.82, 2.24) is 34.5 Å². The number of anilines is 1. The van der Waals surface area contributed by atoms with Crippen molar-refractivity contribution >= 4 is 27.6 Å². The van der Waals surface area contributed by atoms with Crippen LogP contribution in [-0.2, 0) is 11.8 Å². The van der Waals surface area contributed by atoms with Gasteiger partial charge in [0.2, 0.25) is 0 Å². The van der Waals surface area contributed by atoms with Crippen LogP contribution in [0.15, 0.2) is 18.3 Å². The molecule has 0 radical (unpaired) electrons. The number of aromatic amines is 1. The largest absolute Gasteiger partial charge is 0.377 e. The molecule has 144 valence electrons. The highest BCUT2D eigenvalue weighted by molar-refractivity contribution is 7.14.